The molecule has 4 nitrogen and oxygen atoms in total. The number of hydrogen-bond acceptors (Lipinski definition) is 4. The molecule has 2 N–H and O–H groups in total. The van der Waals surface area contributed by atoms with Crippen molar-refractivity contribution in [2.24, 2.45) is 11.7 Å². The highest BCUT2D eigenvalue weighted by Gasteiger charge is 2.18. The SMILES string of the molecule is CCCC(C)C(N)c1noc(C)n1. The third kappa shape index (κ3) is 2.52. The van der Waals surface area contributed by atoms with E-state index < -0.39 is 0 Å². The van der Waals surface area contributed by atoms with Crippen LogP contribution < -0.4 is 5.73 Å². The Kier molecular flexibility index (Phi) is 3.42. The van der Waals surface area contributed by atoms with Crippen LogP contribution in [0.15, 0.2) is 4.52 Å². The topological polar surface area (TPSA) is 64.9 Å². The number of nitrogens with zero attached hydrogens (tertiary/aromatic N) is 2. The van der Waals surface area contributed by atoms with Gasteiger partial charge >= 0.3 is 0 Å². The van der Waals surface area contributed by atoms with Gasteiger partial charge in [-0.25, -0.2) is 0 Å². The quantitative estimate of drug-likeness (QED) is 0.773. The second-order valence-electron chi connectivity index (χ2n) is 3.46. The lowest BCUT2D eigenvalue weighted by Crippen LogP contribution is -2.20. The van der Waals surface area contributed by atoms with Gasteiger partial charge in [0.25, 0.3) is 0 Å². The molecule has 0 fully saturated rings. The molecule has 0 aliphatic rings. The van der Waals surface area contributed by atoms with Gasteiger partial charge in [0.2, 0.25) is 5.89 Å². The summed E-state index contributed by atoms with van der Waals surface area (Å²) in [6, 6.07) is -0.0996. The molecule has 0 saturated heterocycles. The van der Waals surface area contributed by atoms with Crippen molar-refractivity contribution in [3.8, 4) is 0 Å². The van der Waals surface area contributed by atoms with Gasteiger partial charge in [-0.3, -0.25) is 0 Å². The van der Waals surface area contributed by atoms with Crippen molar-refractivity contribution in [3.63, 3.8) is 0 Å². The Balaban J connectivity index is 2.61. The van der Waals surface area contributed by atoms with Gasteiger partial charge in [0.1, 0.15) is 0 Å². The maximum absolute atomic E-state index is 5.95. The molecule has 1 aromatic heterocycles. The molecule has 0 aromatic carbocycles. The van der Waals surface area contributed by atoms with Crippen molar-refractivity contribution in [2.45, 2.75) is 39.7 Å². The second-order valence-corrected chi connectivity index (χ2v) is 3.46. The van der Waals surface area contributed by atoms with Crippen LogP contribution in [0.25, 0.3) is 0 Å². The molecule has 1 heterocycles. The Morgan fingerprint density at radius 3 is 2.69 bits per heavy atom. The van der Waals surface area contributed by atoms with E-state index in [1.807, 2.05) is 0 Å². The summed E-state index contributed by atoms with van der Waals surface area (Å²) in [6.45, 7) is 6.03. The first-order chi connectivity index (χ1) is 6.15. The minimum atomic E-state index is -0.0996. The van der Waals surface area contributed by atoms with E-state index in [-0.39, 0.29) is 6.04 Å². The van der Waals surface area contributed by atoms with E-state index in [2.05, 4.69) is 24.0 Å². The predicted molar refractivity (Wildman–Crippen MR) is 50.0 cm³/mol. The molecule has 0 spiro atoms. The number of nitrogens with two attached hydrogens (primary N) is 1. The summed E-state index contributed by atoms with van der Waals surface area (Å²) in [5, 5.41) is 3.81. The Bertz CT molecular complexity index is 259. The number of hydrogen-bond donors (Lipinski definition) is 1. The molecule has 0 bridgehead atoms. The first-order valence-electron chi connectivity index (χ1n) is 4.71. The van der Waals surface area contributed by atoms with Crippen LogP contribution in [0.4, 0.5) is 0 Å². The fourth-order valence-corrected chi connectivity index (χ4v) is 1.34. The van der Waals surface area contributed by atoms with Crippen LogP contribution in [0.2, 0.25) is 0 Å². The third-order valence-corrected chi connectivity index (χ3v) is 2.20. The van der Waals surface area contributed by atoms with Gasteiger partial charge < -0.3 is 10.3 Å². The summed E-state index contributed by atoms with van der Waals surface area (Å²) in [7, 11) is 0. The van der Waals surface area contributed by atoms with Crippen molar-refractivity contribution >= 4 is 0 Å². The van der Waals surface area contributed by atoms with Gasteiger partial charge in [0.05, 0.1) is 6.04 Å². The Labute approximate surface area is 78.5 Å². The van der Waals surface area contributed by atoms with Crippen molar-refractivity contribution in [1.29, 1.82) is 0 Å². The predicted octanol–water partition coefficient (Wildman–Crippen LogP) is 1.81. The fraction of sp³-hybridized carbons (Fsp3) is 0.778. The third-order valence-electron chi connectivity index (χ3n) is 2.20. The molecule has 4 heteroatoms. The Morgan fingerprint density at radius 2 is 2.23 bits per heavy atom. The molecule has 0 aliphatic heterocycles. The van der Waals surface area contributed by atoms with Crippen molar-refractivity contribution in [1.82, 2.24) is 10.1 Å². The zero-order valence-electron chi connectivity index (χ0n) is 8.45. The summed E-state index contributed by atoms with van der Waals surface area (Å²) in [6.07, 6.45) is 2.22. The van der Waals surface area contributed by atoms with Crippen molar-refractivity contribution in [3.05, 3.63) is 11.7 Å². The average molecular weight is 183 g/mol. The summed E-state index contributed by atoms with van der Waals surface area (Å²) >= 11 is 0. The highest BCUT2D eigenvalue weighted by molar-refractivity contribution is 4.93. The maximum Gasteiger partial charge on any atom is 0.223 e. The van der Waals surface area contributed by atoms with Gasteiger partial charge in [-0.15, -0.1) is 0 Å². The molecular weight excluding hydrogens is 166 g/mol. The molecule has 1 rings (SSSR count). The molecule has 0 amide bonds. The highest BCUT2D eigenvalue weighted by atomic mass is 16.5. The summed E-state index contributed by atoms with van der Waals surface area (Å²) in [5.41, 5.74) is 5.95. The summed E-state index contributed by atoms with van der Waals surface area (Å²) < 4.78 is 4.87. The van der Waals surface area contributed by atoms with Gasteiger partial charge in [0.15, 0.2) is 5.82 Å². The van der Waals surface area contributed by atoms with E-state index >= 15 is 0 Å². The van der Waals surface area contributed by atoms with E-state index in [1.54, 1.807) is 6.92 Å². The van der Waals surface area contributed by atoms with E-state index in [9.17, 15) is 0 Å². The molecule has 0 aliphatic carbocycles. The molecule has 0 radical (unpaired) electrons. The van der Waals surface area contributed by atoms with E-state index in [0.29, 0.717) is 17.6 Å². The molecular formula is C9H17N3O. The molecule has 2 atom stereocenters. The van der Waals surface area contributed by atoms with E-state index in [1.165, 1.54) is 0 Å². The maximum atomic E-state index is 5.95. The van der Waals surface area contributed by atoms with Gasteiger partial charge in [-0.1, -0.05) is 25.4 Å². The van der Waals surface area contributed by atoms with Crippen LogP contribution >= 0.6 is 0 Å². The van der Waals surface area contributed by atoms with Gasteiger partial charge in [-0.2, -0.15) is 4.98 Å². The van der Waals surface area contributed by atoms with Gasteiger partial charge in [0, 0.05) is 6.92 Å². The smallest absolute Gasteiger partial charge is 0.223 e. The van der Waals surface area contributed by atoms with Crippen LogP contribution in [-0.2, 0) is 0 Å². The number of aryl methyl sites for hydroxylation is 1. The van der Waals surface area contributed by atoms with Gasteiger partial charge in [-0.05, 0) is 12.3 Å². The molecule has 0 saturated carbocycles. The second kappa shape index (κ2) is 4.37. The molecule has 74 valence electrons. The van der Waals surface area contributed by atoms with Crippen LogP contribution in [0.3, 0.4) is 0 Å². The first kappa shape index (κ1) is 10.2. The van der Waals surface area contributed by atoms with E-state index in [4.69, 9.17) is 10.3 Å². The monoisotopic (exact) mass is 183 g/mol. The van der Waals surface area contributed by atoms with Crippen LogP contribution in [0.5, 0.6) is 0 Å². The van der Waals surface area contributed by atoms with Crippen molar-refractivity contribution in [2.75, 3.05) is 0 Å². The molecule has 1 aromatic rings. The summed E-state index contributed by atoms with van der Waals surface area (Å²) in [5.74, 6) is 1.61. The normalized spacial score (nSPS) is 15.7. The van der Waals surface area contributed by atoms with Crippen molar-refractivity contribution < 1.29 is 4.52 Å². The zero-order chi connectivity index (χ0) is 9.84. The lowest BCUT2D eigenvalue weighted by molar-refractivity contribution is 0.363. The highest BCUT2D eigenvalue weighted by Crippen LogP contribution is 2.20. The van der Waals surface area contributed by atoms with Crippen LogP contribution in [-0.4, -0.2) is 10.1 Å². The van der Waals surface area contributed by atoms with Crippen LogP contribution in [0, 0.1) is 12.8 Å². The van der Waals surface area contributed by atoms with Crippen LogP contribution in [0.1, 0.15) is 44.4 Å². The minimum Gasteiger partial charge on any atom is -0.340 e. The lowest BCUT2D eigenvalue weighted by atomic mass is 9.97. The first-order valence-corrected chi connectivity index (χ1v) is 4.71. The zero-order valence-corrected chi connectivity index (χ0v) is 8.45. The van der Waals surface area contributed by atoms with E-state index in [0.717, 1.165) is 12.8 Å². The average Bonchev–Trinajstić information content (AvgIpc) is 2.51. The Hall–Kier alpha value is -0.900. The summed E-state index contributed by atoms with van der Waals surface area (Å²) in [4.78, 5) is 4.11. The minimum absolute atomic E-state index is 0.0996. The fourth-order valence-electron chi connectivity index (χ4n) is 1.34. The standard InChI is InChI=1S/C9H17N3O/c1-4-5-6(2)8(10)9-11-7(3)13-12-9/h6,8H,4-5,10H2,1-3H3. The Morgan fingerprint density at radius 1 is 1.54 bits per heavy atom. The lowest BCUT2D eigenvalue weighted by Gasteiger charge is -2.14. The number of rotatable bonds is 4. The largest absolute Gasteiger partial charge is 0.340 e. The number of aromatic nitrogens is 2. The molecule has 13 heavy (non-hydrogen) atoms. The molecule has 2 unspecified atom stereocenters.